The average molecular weight is 243 g/mol. The number of nitrogens with zero attached hydrogens (tertiary/aromatic N) is 1. The van der Waals surface area contributed by atoms with Gasteiger partial charge in [-0.3, -0.25) is 9.69 Å². The lowest BCUT2D eigenvalue weighted by Gasteiger charge is -2.45. The molecule has 2 heterocycles. The van der Waals surface area contributed by atoms with Crippen LogP contribution in [-0.2, 0) is 14.3 Å². The summed E-state index contributed by atoms with van der Waals surface area (Å²) >= 11 is 0. The molecule has 0 unspecified atom stereocenters. The van der Waals surface area contributed by atoms with Gasteiger partial charge in [0.15, 0.2) is 0 Å². The quantitative estimate of drug-likeness (QED) is 0.792. The van der Waals surface area contributed by atoms with E-state index in [1.54, 1.807) is 0 Å². The smallest absolute Gasteiger partial charge is 0.324 e. The van der Waals surface area contributed by atoms with Crippen LogP contribution in [0.4, 0.5) is 0 Å². The summed E-state index contributed by atoms with van der Waals surface area (Å²) in [5, 5.41) is 9.56. The Morgan fingerprint density at radius 3 is 2.24 bits per heavy atom. The number of hydrogen-bond acceptors (Lipinski definition) is 4. The Balaban J connectivity index is 2.11. The largest absolute Gasteiger partial charge is 0.480 e. The van der Waals surface area contributed by atoms with Gasteiger partial charge in [0, 0.05) is 32.5 Å². The Morgan fingerprint density at radius 2 is 1.71 bits per heavy atom. The maximum absolute atomic E-state index is 11.6. The molecule has 0 aromatic carbocycles. The minimum Gasteiger partial charge on any atom is -0.480 e. The van der Waals surface area contributed by atoms with Gasteiger partial charge in [0.05, 0.1) is 0 Å². The van der Waals surface area contributed by atoms with E-state index >= 15 is 0 Å². The van der Waals surface area contributed by atoms with Crippen LogP contribution in [0.2, 0.25) is 0 Å². The van der Waals surface area contributed by atoms with Gasteiger partial charge >= 0.3 is 5.97 Å². The molecule has 5 heteroatoms. The maximum Gasteiger partial charge on any atom is 0.324 e. The van der Waals surface area contributed by atoms with E-state index in [2.05, 4.69) is 4.90 Å². The fourth-order valence-electron chi connectivity index (χ4n) is 2.85. The van der Waals surface area contributed by atoms with Crippen LogP contribution in [0.5, 0.6) is 0 Å². The molecular formula is C12H21NO4. The lowest BCUT2D eigenvalue weighted by atomic mass is 9.86. The van der Waals surface area contributed by atoms with Crippen LogP contribution >= 0.6 is 0 Å². The first-order valence-corrected chi connectivity index (χ1v) is 6.29. The zero-order chi connectivity index (χ0) is 12.3. The van der Waals surface area contributed by atoms with Gasteiger partial charge in [-0.05, 0) is 32.7 Å². The molecule has 2 aliphatic heterocycles. The zero-order valence-corrected chi connectivity index (χ0v) is 10.4. The van der Waals surface area contributed by atoms with Crippen LogP contribution in [0.3, 0.4) is 0 Å². The third kappa shape index (κ3) is 2.46. The molecule has 2 rings (SSSR count). The Kier molecular flexibility index (Phi) is 4.01. The predicted molar refractivity (Wildman–Crippen MR) is 62.0 cm³/mol. The van der Waals surface area contributed by atoms with Crippen LogP contribution in [0.1, 0.15) is 25.7 Å². The van der Waals surface area contributed by atoms with Crippen molar-refractivity contribution in [2.24, 2.45) is 0 Å². The summed E-state index contributed by atoms with van der Waals surface area (Å²) in [5.41, 5.74) is -0.736. The van der Waals surface area contributed by atoms with Gasteiger partial charge < -0.3 is 14.6 Å². The molecule has 2 saturated heterocycles. The summed E-state index contributed by atoms with van der Waals surface area (Å²) in [4.78, 5) is 13.7. The van der Waals surface area contributed by atoms with Crippen LogP contribution in [0, 0.1) is 0 Å². The van der Waals surface area contributed by atoms with Crippen molar-refractivity contribution in [3.63, 3.8) is 0 Å². The minimum atomic E-state index is -0.736. The Hall–Kier alpha value is -0.650. The molecule has 1 N–H and O–H groups in total. The van der Waals surface area contributed by atoms with Crippen molar-refractivity contribution in [1.29, 1.82) is 0 Å². The minimum absolute atomic E-state index is 0.318. The normalized spacial score (nSPS) is 26.0. The number of carboxylic acid groups (broad SMARTS) is 1. The summed E-state index contributed by atoms with van der Waals surface area (Å²) in [6.45, 7) is 2.56. The van der Waals surface area contributed by atoms with Gasteiger partial charge in [0.25, 0.3) is 0 Å². The van der Waals surface area contributed by atoms with Crippen molar-refractivity contribution in [3.05, 3.63) is 0 Å². The van der Waals surface area contributed by atoms with E-state index in [0.717, 1.165) is 26.1 Å². The second-order valence-electron chi connectivity index (χ2n) is 4.90. The third-order valence-electron chi connectivity index (χ3n) is 4.13. The third-order valence-corrected chi connectivity index (χ3v) is 4.13. The maximum atomic E-state index is 11.6. The van der Waals surface area contributed by atoms with Crippen molar-refractivity contribution in [1.82, 2.24) is 4.90 Å². The van der Waals surface area contributed by atoms with E-state index in [1.807, 2.05) is 7.05 Å². The van der Waals surface area contributed by atoms with Crippen LogP contribution in [0.15, 0.2) is 0 Å². The molecule has 0 atom stereocenters. The Labute approximate surface area is 102 Å². The molecule has 2 aliphatic rings. The second-order valence-corrected chi connectivity index (χ2v) is 4.90. The predicted octanol–water partition coefficient (Wildman–Crippen LogP) is 0.731. The molecule has 2 fully saturated rings. The first-order chi connectivity index (χ1) is 8.17. The fourth-order valence-corrected chi connectivity index (χ4v) is 2.85. The first-order valence-electron chi connectivity index (χ1n) is 6.29. The average Bonchev–Trinajstić information content (AvgIpc) is 2.39. The van der Waals surface area contributed by atoms with E-state index in [9.17, 15) is 9.90 Å². The Bertz CT molecular complexity index is 270. The standard InChI is InChI=1S/C12H21NO4/c1-13(10-2-6-16-7-3-10)12(11(14)15)4-8-17-9-5-12/h10H,2-9H2,1H3,(H,14,15). The van der Waals surface area contributed by atoms with Crippen LogP contribution in [0.25, 0.3) is 0 Å². The summed E-state index contributed by atoms with van der Waals surface area (Å²) < 4.78 is 10.6. The molecule has 0 aromatic rings. The van der Waals surface area contributed by atoms with E-state index in [1.165, 1.54) is 0 Å². The monoisotopic (exact) mass is 243 g/mol. The van der Waals surface area contributed by atoms with Crippen LogP contribution < -0.4 is 0 Å². The molecule has 98 valence electrons. The number of carbonyl (C=O) groups is 1. The highest BCUT2D eigenvalue weighted by Gasteiger charge is 2.46. The highest BCUT2D eigenvalue weighted by Crippen LogP contribution is 2.31. The Morgan fingerprint density at radius 1 is 1.18 bits per heavy atom. The number of carboxylic acids is 1. The van der Waals surface area contributed by atoms with Crippen molar-refractivity contribution < 1.29 is 19.4 Å². The van der Waals surface area contributed by atoms with Crippen molar-refractivity contribution in [2.75, 3.05) is 33.5 Å². The van der Waals surface area contributed by atoms with Crippen LogP contribution in [-0.4, -0.2) is 61.0 Å². The number of aliphatic carboxylic acids is 1. The number of hydrogen-bond donors (Lipinski definition) is 1. The van der Waals surface area contributed by atoms with E-state index in [-0.39, 0.29) is 0 Å². The molecular weight excluding hydrogens is 222 g/mol. The second kappa shape index (κ2) is 5.33. The first kappa shape index (κ1) is 12.8. The highest BCUT2D eigenvalue weighted by molar-refractivity contribution is 5.79. The van der Waals surface area contributed by atoms with E-state index in [0.29, 0.717) is 32.1 Å². The molecule has 0 aromatic heterocycles. The van der Waals surface area contributed by atoms with Crippen molar-refractivity contribution in [3.8, 4) is 0 Å². The van der Waals surface area contributed by atoms with Gasteiger partial charge in [-0.25, -0.2) is 0 Å². The van der Waals surface area contributed by atoms with Crippen molar-refractivity contribution in [2.45, 2.75) is 37.3 Å². The summed E-state index contributed by atoms with van der Waals surface area (Å²) in [6.07, 6.45) is 3.01. The molecule has 0 amide bonds. The lowest BCUT2D eigenvalue weighted by Crippen LogP contribution is -2.60. The highest BCUT2D eigenvalue weighted by atomic mass is 16.5. The van der Waals surface area contributed by atoms with Gasteiger partial charge in [-0.1, -0.05) is 0 Å². The van der Waals surface area contributed by atoms with Gasteiger partial charge in [-0.15, -0.1) is 0 Å². The lowest BCUT2D eigenvalue weighted by molar-refractivity contribution is -0.161. The molecule has 0 saturated carbocycles. The summed E-state index contributed by atoms with van der Waals surface area (Å²) in [5.74, 6) is -0.713. The van der Waals surface area contributed by atoms with Gasteiger partial charge in [-0.2, -0.15) is 0 Å². The van der Waals surface area contributed by atoms with E-state index < -0.39 is 11.5 Å². The number of likely N-dealkylation sites (N-methyl/N-ethyl adjacent to an activating group) is 1. The topological polar surface area (TPSA) is 59.0 Å². The molecule has 17 heavy (non-hydrogen) atoms. The number of rotatable bonds is 3. The van der Waals surface area contributed by atoms with Gasteiger partial charge in [0.2, 0.25) is 0 Å². The molecule has 5 nitrogen and oxygen atoms in total. The fraction of sp³-hybridized carbons (Fsp3) is 0.917. The molecule has 0 bridgehead atoms. The number of ether oxygens (including phenoxy) is 2. The van der Waals surface area contributed by atoms with E-state index in [4.69, 9.17) is 9.47 Å². The summed E-state index contributed by atoms with van der Waals surface area (Å²) in [6, 6.07) is 0.318. The van der Waals surface area contributed by atoms with Crippen molar-refractivity contribution >= 4 is 5.97 Å². The SMILES string of the molecule is CN(C1CCOCC1)C1(C(=O)O)CCOCC1. The molecule has 0 spiro atoms. The molecule has 0 radical (unpaired) electrons. The van der Waals surface area contributed by atoms with Gasteiger partial charge in [0.1, 0.15) is 5.54 Å². The molecule has 0 aliphatic carbocycles. The summed E-state index contributed by atoms with van der Waals surface area (Å²) in [7, 11) is 1.94. The zero-order valence-electron chi connectivity index (χ0n) is 10.4.